The van der Waals surface area contributed by atoms with Crippen molar-refractivity contribution in [3.05, 3.63) is 148 Å². The number of rotatable bonds is 7. The van der Waals surface area contributed by atoms with Gasteiger partial charge in [-0.05, 0) is 0 Å². The van der Waals surface area contributed by atoms with E-state index < -0.39 is 21.3 Å². The van der Waals surface area contributed by atoms with Crippen LogP contribution < -0.4 is 24.8 Å². The third-order valence-corrected chi connectivity index (χ3v) is 20.3. The summed E-state index contributed by atoms with van der Waals surface area (Å²) in [4.78, 5) is 0. The Bertz CT molecular complexity index is 1980. The average molecular weight is 880 g/mol. The Hall–Kier alpha value is -1.73. The fourth-order valence-electron chi connectivity index (χ4n) is 8.70. The molecule has 0 fully saturated rings. The van der Waals surface area contributed by atoms with Gasteiger partial charge in [0.15, 0.2) is 0 Å². The molecule has 4 aromatic rings. The van der Waals surface area contributed by atoms with Gasteiger partial charge in [0.25, 0.3) is 0 Å². The van der Waals surface area contributed by atoms with Crippen LogP contribution in [0.4, 0.5) is 0 Å². The van der Waals surface area contributed by atoms with Crippen LogP contribution in [0.25, 0.3) is 11.1 Å². The number of halogens is 4. The molecule has 0 heterocycles. The molecule has 1 atom stereocenters. The Labute approximate surface area is 357 Å². The van der Waals surface area contributed by atoms with Crippen LogP contribution in [0.3, 0.4) is 0 Å². The molecule has 0 amide bonds. The maximum Gasteiger partial charge on any atom is -1.00 e. The second kappa shape index (κ2) is 17.0. The Morgan fingerprint density at radius 3 is 1.43 bits per heavy atom. The molecule has 0 radical (unpaired) electrons. The smallest absolute Gasteiger partial charge is 1.00 e. The molecule has 2 aliphatic carbocycles. The summed E-state index contributed by atoms with van der Waals surface area (Å²) < 4.78 is 3.57. The van der Waals surface area contributed by atoms with E-state index in [1.165, 1.54) is 83.7 Å². The van der Waals surface area contributed by atoms with Crippen molar-refractivity contribution < 1.29 is 46.1 Å². The molecular weight excluding hydrogens is 822 g/mol. The predicted molar refractivity (Wildman–Crippen MR) is 225 cm³/mol. The van der Waals surface area contributed by atoms with Crippen molar-refractivity contribution in [1.82, 2.24) is 0 Å². The molecule has 286 valence electrons. The van der Waals surface area contributed by atoms with Crippen molar-refractivity contribution in [1.29, 1.82) is 0 Å². The van der Waals surface area contributed by atoms with Gasteiger partial charge in [-0.3, -0.25) is 0 Å². The Morgan fingerprint density at radius 2 is 1.06 bits per heavy atom. The van der Waals surface area contributed by atoms with E-state index in [9.17, 15) is 0 Å². The summed E-state index contributed by atoms with van der Waals surface area (Å²) in [5.74, 6) is 0.440. The van der Waals surface area contributed by atoms with Gasteiger partial charge in [0.2, 0.25) is 0 Å². The fraction of sp³-hybridized carbons (Fsp3) is 0.408. The van der Waals surface area contributed by atoms with Crippen molar-refractivity contribution in [3.8, 4) is 11.1 Å². The van der Waals surface area contributed by atoms with Crippen molar-refractivity contribution in [2.45, 2.75) is 117 Å². The topological polar surface area (TPSA) is 0 Å². The van der Waals surface area contributed by atoms with Gasteiger partial charge in [-0.2, -0.15) is 0 Å². The summed E-state index contributed by atoms with van der Waals surface area (Å²) in [7, 11) is 0. The first kappa shape index (κ1) is 45.0. The Kier molecular flexibility index (Phi) is 14.2. The van der Waals surface area contributed by atoms with Crippen molar-refractivity contribution >= 4 is 26.4 Å². The summed E-state index contributed by atoms with van der Waals surface area (Å²) in [6, 6.07) is 27.8. The van der Waals surface area contributed by atoms with E-state index in [0.717, 1.165) is 10.0 Å². The fourth-order valence-corrected chi connectivity index (χ4v) is 18.5. The van der Waals surface area contributed by atoms with Crippen LogP contribution in [-0.2, 0) is 32.1 Å². The van der Waals surface area contributed by atoms with Gasteiger partial charge in [0.05, 0.1) is 0 Å². The zero-order valence-electron chi connectivity index (χ0n) is 34.4. The number of hydrogen-bond donors (Lipinski definition) is 0. The molecule has 1 unspecified atom stereocenters. The number of benzene rings is 4. The molecule has 0 bridgehead atoms. The van der Waals surface area contributed by atoms with E-state index in [1.807, 2.05) is 0 Å². The second-order valence-electron chi connectivity index (χ2n) is 18.5. The van der Waals surface area contributed by atoms with Crippen LogP contribution in [-0.4, -0.2) is 3.21 Å². The van der Waals surface area contributed by atoms with E-state index in [2.05, 4.69) is 168 Å². The van der Waals surface area contributed by atoms with E-state index in [-0.39, 0.29) is 41.1 Å². The van der Waals surface area contributed by atoms with Crippen molar-refractivity contribution in [2.24, 2.45) is 11.3 Å². The maximum absolute atomic E-state index is 6.61. The van der Waals surface area contributed by atoms with Crippen LogP contribution in [0.5, 0.6) is 0 Å². The number of aryl methyl sites for hydroxylation is 2. The quantitative estimate of drug-likeness (QED) is 0.174. The predicted octanol–water partition coefficient (Wildman–Crippen LogP) is 8.85. The summed E-state index contributed by atoms with van der Waals surface area (Å²) >= 11 is 10.2. The van der Waals surface area contributed by atoms with Crippen LogP contribution in [0.15, 0.2) is 93.8 Å². The summed E-state index contributed by atoms with van der Waals surface area (Å²) in [5, 5.41) is 1.54. The Balaban J connectivity index is 0.00000325. The minimum Gasteiger partial charge on any atom is -1.00 e. The van der Waals surface area contributed by atoms with Gasteiger partial charge < -0.3 is 24.8 Å². The van der Waals surface area contributed by atoms with Crippen LogP contribution in [0, 0.1) is 25.2 Å². The summed E-state index contributed by atoms with van der Waals surface area (Å²) in [5.41, 5.74) is 15.9. The van der Waals surface area contributed by atoms with Gasteiger partial charge in [0, 0.05) is 0 Å². The third-order valence-electron chi connectivity index (χ3n) is 11.3. The first-order valence-electron chi connectivity index (χ1n) is 19.3. The zero-order valence-corrected chi connectivity index (χ0v) is 39.9. The number of allylic oxidation sites excluding steroid dienone is 4. The summed E-state index contributed by atoms with van der Waals surface area (Å²) in [6.45, 7) is 28.3. The molecule has 0 saturated heterocycles. The van der Waals surface area contributed by atoms with Crippen LogP contribution >= 0.6 is 23.2 Å². The van der Waals surface area contributed by atoms with Gasteiger partial charge in [-0.1, -0.05) is 0 Å². The molecule has 4 aromatic carbocycles. The van der Waals surface area contributed by atoms with E-state index in [4.69, 9.17) is 23.2 Å². The first-order valence-corrected chi connectivity index (χ1v) is 23.9. The SMILES string of the molecule is CCCCC1C=C(C(C)(C)C)C=[C]1[Zr+2](=[C](c1ccc(Cl)cc1)c1ccc(Cl)cc1)[CH]1c2cc(C)c(C(C)(C)C)cc2-c2cc(C(C)(C)C)c(C)cc21.[Cl-].[Cl-]. The average Bonchev–Trinajstić information content (AvgIpc) is 3.61. The molecule has 0 aliphatic heterocycles. The molecular formula is C49H58Cl4Zr. The van der Waals surface area contributed by atoms with Crippen LogP contribution in [0.2, 0.25) is 10.0 Å². The molecule has 5 heteroatoms. The molecule has 0 saturated carbocycles. The Morgan fingerprint density at radius 1 is 0.630 bits per heavy atom. The zero-order chi connectivity index (χ0) is 37.9. The van der Waals surface area contributed by atoms with Gasteiger partial charge in [-0.15, -0.1) is 0 Å². The molecule has 0 spiro atoms. The van der Waals surface area contributed by atoms with Gasteiger partial charge in [0.1, 0.15) is 0 Å². The number of fused-ring (bicyclic) bond motifs is 3. The van der Waals surface area contributed by atoms with E-state index in [0.29, 0.717) is 9.54 Å². The third kappa shape index (κ3) is 9.03. The number of hydrogen-bond acceptors (Lipinski definition) is 0. The molecule has 0 N–H and O–H groups in total. The largest absolute Gasteiger partial charge is 1.00 e. The number of unbranched alkanes of at least 4 members (excludes halogenated alkanes) is 1. The minimum atomic E-state index is -3.06. The molecule has 0 aromatic heterocycles. The van der Waals surface area contributed by atoms with Crippen molar-refractivity contribution in [3.63, 3.8) is 0 Å². The molecule has 2 aliphatic rings. The maximum atomic E-state index is 6.61. The first-order chi connectivity index (χ1) is 24.3. The second-order valence-corrected chi connectivity index (χ2v) is 25.4. The van der Waals surface area contributed by atoms with Crippen molar-refractivity contribution in [2.75, 3.05) is 0 Å². The van der Waals surface area contributed by atoms with E-state index in [1.54, 1.807) is 3.28 Å². The van der Waals surface area contributed by atoms with Gasteiger partial charge in [-0.25, -0.2) is 0 Å². The molecule has 6 rings (SSSR count). The van der Waals surface area contributed by atoms with E-state index >= 15 is 0 Å². The summed E-state index contributed by atoms with van der Waals surface area (Å²) in [6.07, 6.45) is 8.96. The normalized spacial score (nSPS) is 15.3. The standard InChI is InChI=1S/C23H29.C13H8Cl2.C13H21.2ClH.Zr/c1-14-9-16-11-17-10-15(2)21(23(6,7)8)13-19(17)18(16)12-20(14)22(3,4)5;14-12-5-1-10(2-6-12)9-11-3-7-13(15)8-4-11;1-5-6-7-11-8-9-12(10-11)13(2,3)4;;;/h9-13H,1-8H3;1-8H;9-11H,5-7H2,1-4H3;2*1H;/q;;;;;+2/p-2. The molecule has 0 nitrogen and oxygen atoms in total. The minimum absolute atomic E-state index is 0. The molecule has 54 heavy (non-hydrogen) atoms. The monoisotopic (exact) mass is 876 g/mol. The van der Waals surface area contributed by atoms with Crippen LogP contribution in [0.1, 0.15) is 137 Å². The van der Waals surface area contributed by atoms with Gasteiger partial charge >= 0.3 is 335 Å².